The fourth-order valence-corrected chi connectivity index (χ4v) is 4.04. The maximum absolute atomic E-state index is 13.4. The number of nitrogens with zero attached hydrogens (tertiary/aromatic N) is 2. The summed E-state index contributed by atoms with van der Waals surface area (Å²) in [5.74, 6) is -0.208. The van der Waals surface area contributed by atoms with Crippen LogP contribution in [0.1, 0.15) is 35.0 Å². The van der Waals surface area contributed by atoms with E-state index in [0.717, 1.165) is 10.4 Å². The zero-order chi connectivity index (χ0) is 18.5. The second-order valence-corrected chi connectivity index (χ2v) is 7.47. The van der Waals surface area contributed by atoms with Crippen molar-refractivity contribution in [3.63, 3.8) is 0 Å². The Bertz CT molecular complexity index is 755. The maximum atomic E-state index is 13.4. The van der Waals surface area contributed by atoms with Crippen LogP contribution in [0, 0.1) is 11.7 Å². The van der Waals surface area contributed by atoms with Gasteiger partial charge in [-0.15, -0.1) is 11.3 Å². The molecule has 1 aromatic carbocycles. The second-order valence-electron chi connectivity index (χ2n) is 6.53. The van der Waals surface area contributed by atoms with Crippen molar-refractivity contribution < 1.29 is 14.0 Å². The molecule has 0 saturated carbocycles. The van der Waals surface area contributed by atoms with Crippen molar-refractivity contribution in [1.82, 2.24) is 9.80 Å². The lowest BCUT2D eigenvalue weighted by molar-refractivity contribution is -0.137. The Balaban J connectivity index is 1.57. The molecular formula is C20H23FN2O2S. The molecular weight excluding hydrogens is 351 g/mol. The lowest BCUT2D eigenvalue weighted by Gasteiger charge is -2.34. The van der Waals surface area contributed by atoms with Crippen molar-refractivity contribution >= 4 is 23.2 Å². The zero-order valence-corrected chi connectivity index (χ0v) is 15.7. The van der Waals surface area contributed by atoms with E-state index < -0.39 is 0 Å². The third-order valence-corrected chi connectivity index (χ3v) is 5.68. The quantitative estimate of drug-likeness (QED) is 0.799. The molecule has 0 spiro atoms. The first kappa shape index (κ1) is 18.6. The van der Waals surface area contributed by atoms with Crippen LogP contribution >= 0.6 is 11.3 Å². The highest BCUT2D eigenvalue weighted by atomic mass is 32.1. The van der Waals surface area contributed by atoms with Gasteiger partial charge in [-0.1, -0.05) is 18.2 Å². The van der Waals surface area contributed by atoms with Gasteiger partial charge in [0.15, 0.2) is 0 Å². The van der Waals surface area contributed by atoms with Crippen LogP contribution in [0.5, 0.6) is 0 Å². The minimum absolute atomic E-state index is 0.0537. The largest absolute Gasteiger partial charge is 0.338 e. The Hall–Kier alpha value is -2.21. The van der Waals surface area contributed by atoms with E-state index in [1.807, 2.05) is 35.4 Å². The average Bonchev–Trinajstić information content (AvgIpc) is 3.20. The Labute approximate surface area is 157 Å². The highest BCUT2D eigenvalue weighted by Gasteiger charge is 2.30. The standard InChI is InChI=1S/C20H23FN2O2S/c1-2-22(14-15-5-3-6-17(21)13-15)19(24)16-8-10-23(11-9-16)20(25)18-7-4-12-26-18/h3-7,12-13,16H,2,8-11,14H2,1H3. The number of halogens is 1. The lowest BCUT2D eigenvalue weighted by Crippen LogP contribution is -2.44. The predicted molar refractivity (Wildman–Crippen MR) is 100 cm³/mol. The molecule has 0 N–H and O–H groups in total. The van der Waals surface area contributed by atoms with Crippen molar-refractivity contribution in [2.75, 3.05) is 19.6 Å². The van der Waals surface area contributed by atoms with E-state index in [1.165, 1.54) is 23.5 Å². The molecule has 2 heterocycles. The van der Waals surface area contributed by atoms with E-state index in [0.29, 0.717) is 39.0 Å². The number of thiophene rings is 1. The Kier molecular flexibility index (Phi) is 6.04. The summed E-state index contributed by atoms with van der Waals surface area (Å²) in [7, 11) is 0. The van der Waals surface area contributed by atoms with E-state index in [9.17, 15) is 14.0 Å². The van der Waals surface area contributed by atoms with Gasteiger partial charge in [0.25, 0.3) is 5.91 Å². The molecule has 2 amide bonds. The van der Waals surface area contributed by atoms with Crippen LogP contribution < -0.4 is 0 Å². The van der Waals surface area contributed by atoms with Crippen LogP contribution in [0.15, 0.2) is 41.8 Å². The summed E-state index contributed by atoms with van der Waals surface area (Å²) < 4.78 is 13.4. The molecule has 0 atom stereocenters. The number of likely N-dealkylation sites (tertiary alicyclic amines) is 1. The summed E-state index contributed by atoms with van der Waals surface area (Å²) in [5.41, 5.74) is 0.797. The predicted octanol–water partition coefficient (Wildman–Crippen LogP) is 3.79. The molecule has 0 unspecified atom stereocenters. The average molecular weight is 374 g/mol. The molecule has 138 valence electrons. The summed E-state index contributed by atoms with van der Waals surface area (Å²) in [6.45, 7) is 4.15. The summed E-state index contributed by atoms with van der Waals surface area (Å²) in [5, 5.41) is 1.90. The van der Waals surface area contributed by atoms with Crippen LogP contribution in [-0.2, 0) is 11.3 Å². The number of carbonyl (C=O) groups excluding carboxylic acids is 2. The molecule has 2 aromatic rings. The first-order chi connectivity index (χ1) is 12.6. The summed E-state index contributed by atoms with van der Waals surface area (Å²) in [6.07, 6.45) is 1.35. The van der Waals surface area contributed by atoms with Gasteiger partial charge < -0.3 is 9.80 Å². The molecule has 1 aliphatic rings. The van der Waals surface area contributed by atoms with Crippen LogP contribution in [0.25, 0.3) is 0 Å². The number of hydrogen-bond acceptors (Lipinski definition) is 3. The number of rotatable bonds is 5. The number of piperidine rings is 1. The highest BCUT2D eigenvalue weighted by Crippen LogP contribution is 2.23. The van der Waals surface area contributed by atoms with Gasteiger partial charge >= 0.3 is 0 Å². The molecule has 26 heavy (non-hydrogen) atoms. The van der Waals surface area contributed by atoms with E-state index >= 15 is 0 Å². The van der Waals surface area contributed by atoms with Crippen molar-refractivity contribution in [3.8, 4) is 0 Å². The first-order valence-electron chi connectivity index (χ1n) is 8.94. The second kappa shape index (κ2) is 8.45. The third-order valence-electron chi connectivity index (χ3n) is 4.82. The van der Waals surface area contributed by atoms with Crippen LogP contribution in [0.4, 0.5) is 4.39 Å². The number of hydrogen-bond donors (Lipinski definition) is 0. The fraction of sp³-hybridized carbons (Fsp3) is 0.400. The lowest BCUT2D eigenvalue weighted by atomic mass is 9.95. The maximum Gasteiger partial charge on any atom is 0.263 e. The van der Waals surface area contributed by atoms with Gasteiger partial charge in [0.1, 0.15) is 5.82 Å². The van der Waals surface area contributed by atoms with Gasteiger partial charge in [0, 0.05) is 32.1 Å². The molecule has 1 aliphatic heterocycles. The molecule has 1 aromatic heterocycles. The Morgan fingerprint density at radius 1 is 1.23 bits per heavy atom. The van der Waals surface area contributed by atoms with E-state index in [4.69, 9.17) is 0 Å². The van der Waals surface area contributed by atoms with Crippen LogP contribution in [0.2, 0.25) is 0 Å². The minimum Gasteiger partial charge on any atom is -0.338 e. The van der Waals surface area contributed by atoms with Gasteiger partial charge in [0.05, 0.1) is 4.88 Å². The van der Waals surface area contributed by atoms with E-state index in [-0.39, 0.29) is 23.5 Å². The molecule has 1 saturated heterocycles. The van der Waals surface area contributed by atoms with Crippen LogP contribution in [-0.4, -0.2) is 41.2 Å². The van der Waals surface area contributed by atoms with Gasteiger partial charge in [-0.3, -0.25) is 9.59 Å². The monoisotopic (exact) mass is 374 g/mol. The number of benzene rings is 1. The first-order valence-corrected chi connectivity index (χ1v) is 9.82. The zero-order valence-electron chi connectivity index (χ0n) is 14.9. The Morgan fingerprint density at radius 3 is 2.62 bits per heavy atom. The van der Waals surface area contributed by atoms with Gasteiger partial charge in [0.2, 0.25) is 5.91 Å². The molecule has 0 aliphatic carbocycles. The third kappa shape index (κ3) is 4.30. The Morgan fingerprint density at radius 2 is 2.00 bits per heavy atom. The minimum atomic E-state index is -0.286. The van der Waals surface area contributed by atoms with Crippen molar-refractivity contribution in [2.24, 2.45) is 5.92 Å². The fourth-order valence-electron chi connectivity index (χ4n) is 3.35. The topological polar surface area (TPSA) is 40.6 Å². The highest BCUT2D eigenvalue weighted by molar-refractivity contribution is 7.12. The smallest absolute Gasteiger partial charge is 0.263 e. The van der Waals surface area contributed by atoms with Crippen molar-refractivity contribution in [2.45, 2.75) is 26.3 Å². The van der Waals surface area contributed by atoms with Crippen molar-refractivity contribution in [1.29, 1.82) is 0 Å². The summed E-state index contributed by atoms with van der Waals surface area (Å²) in [4.78, 5) is 29.6. The SMILES string of the molecule is CCN(Cc1cccc(F)c1)C(=O)C1CCN(C(=O)c2cccs2)CC1. The molecule has 0 radical (unpaired) electrons. The van der Waals surface area contributed by atoms with Gasteiger partial charge in [-0.05, 0) is 48.9 Å². The summed E-state index contributed by atoms with van der Waals surface area (Å²) in [6, 6.07) is 10.1. The summed E-state index contributed by atoms with van der Waals surface area (Å²) >= 11 is 1.45. The van der Waals surface area contributed by atoms with Gasteiger partial charge in [-0.2, -0.15) is 0 Å². The van der Waals surface area contributed by atoms with Crippen molar-refractivity contribution in [3.05, 3.63) is 58.0 Å². The number of carbonyl (C=O) groups is 2. The molecule has 6 heteroatoms. The molecule has 0 bridgehead atoms. The van der Waals surface area contributed by atoms with Crippen LogP contribution in [0.3, 0.4) is 0 Å². The molecule has 3 rings (SSSR count). The van der Waals surface area contributed by atoms with E-state index in [1.54, 1.807) is 11.0 Å². The number of amides is 2. The normalized spacial score (nSPS) is 15.1. The molecule has 4 nitrogen and oxygen atoms in total. The van der Waals surface area contributed by atoms with Gasteiger partial charge in [-0.25, -0.2) is 4.39 Å². The molecule has 1 fully saturated rings. The van der Waals surface area contributed by atoms with E-state index in [2.05, 4.69) is 0 Å².